The van der Waals surface area contributed by atoms with Gasteiger partial charge in [0.1, 0.15) is 0 Å². The van der Waals surface area contributed by atoms with E-state index < -0.39 is 0 Å². The van der Waals surface area contributed by atoms with Gasteiger partial charge < -0.3 is 9.88 Å². The Morgan fingerprint density at radius 1 is 1.50 bits per heavy atom. The maximum Gasteiger partial charge on any atom is 0.0948 e. The molecule has 2 rings (SSSR count). The van der Waals surface area contributed by atoms with E-state index in [9.17, 15) is 0 Å². The second-order valence-electron chi connectivity index (χ2n) is 4.21. The third-order valence-electron chi connectivity index (χ3n) is 3.16. The van der Waals surface area contributed by atoms with Crippen LogP contribution in [-0.2, 0) is 6.54 Å². The molecule has 1 aromatic rings. The first-order chi connectivity index (χ1) is 6.86. The van der Waals surface area contributed by atoms with Gasteiger partial charge in [0.25, 0.3) is 0 Å². The lowest BCUT2D eigenvalue weighted by atomic mass is 9.95. The van der Waals surface area contributed by atoms with E-state index >= 15 is 0 Å². The largest absolute Gasteiger partial charge is 0.335 e. The zero-order valence-electron chi connectivity index (χ0n) is 8.87. The van der Waals surface area contributed by atoms with Crippen LogP contribution in [0.25, 0.3) is 0 Å². The fourth-order valence-electron chi connectivity index (χ4n) is 2.11. The number of imidazole rings is 1. The van der Waals surface area contributed by atoms with E-state index in [-0.39, 0.29) is 0 Å². The molecule has 0 aliphatic carbocycles. The molecule has 3 heteroatoms. The Hall–Kier alpha value is -0.830. The van der Waals surface area contributed by atoms with Crippen molar-refractivity contribution >= 4 is 0 Å². The second kappa shape index (κ2) is 4.60. The molecule has 0 unspecified atom stereocenters. The molecule has 0 aromatic carbocycles. The first-order valence-corrected chi connectivity index (χ1v) is 5.53. The average Bonchev–Trinajstić information content (AvgIpc) is 2.63. The lowest BCUT2D eigenvalue weighted by Crippen LogP contribution is -2.28. The Kier molecular flexibility index (Phi) is 3.19. The van der Waals surface area contributed by atoms with Gasteiger partial charge in [-0.15, -0.1) is 0 Å². The predicted octanol–water partition coefficient (Wildman–Crippen LogP) is 1.58. The van der Waals surface area contributed by atoms with Crippen LogP contribution in [0, 0.1) is 12.8 Å². The molecule has 0 radical (unpaired) electrons. The number of aromatic nitrogens is 2. The second-order valence-corrected chi connectivity index (χ2v) is 4.21. The van der Waals surface area contributed by atoms with E-state index in [1.54, 1.807) is 0 Å². The SMILES string of the molecule is Cc1cncn1CCC1CCNCC1. The fraction of sp³-hybridized carbons (Fsp3) is 0.727. The standard InChI is InChI=1S/C11H19N3/c1-10-8-13-9-14(10)7-4-11-2-5-12-6-3-11/h8-9,11-12H,2-7H2,1H3. The van der Waals surface area contributed by atoms with Crippen molar-refractivity contribution in [2.45, 2.75) is 32.7 Å². The van der Waals surface area contributed by atoms with Crippen molar-refractivity contribution in [2.75, 3.05) is 13.1 Å². The zero-order valence-corrected chi connectivity index (χ0v) is 8.87. The molecule has 1 saturated heterocycles. The van der Waals surface area contributed by atoms with Gasteiger partial charge in [-0.3, -0.25) is 0 Å². The summed E-state index contributed by atoms with van der Waals surface area (Å²) in [7, 11) is 0. The van der Waals surface area contributed by atoms with Crippen molar-refractivity contribution < 1.29 is 0 Å². The third kappa shape index (κ3) is 2.35. The summed E-state index contributed by atoms with van der Waals surface area (Å²) < 4.78 is 2.25. The van der Waals surface area contributed by atoms with Gasteiger partial charge in [0, 0.05) is 18.4 Å². The molecule has 1 fully saturated rings. The summed E-state index contributed by atoms with van der Waals surface area (Å²) in [5, 5.41) is 3.40. The molecule has 14 heavy (non-hydrogen) atoms. The van der Waals surface area contributed by atoms with Gasteiger partial charge in [0.15, 0.2) is 0 Å². The van der Waals surface area contributed by atoms with E-state index in [4.69, 9.17) is 0 Å². The van der Waals surface area contributed by atoms with Crippen LogP contribution in [0.1, 0.15) is 25.0 Å². The highest BCUT2D eigenvalue weighted by atomic mass is 15.0. The molecule has 1 aliphatic heterocycles. The first kappa shape index (κ1) is 9.71. The fourth-order valence-corrected chi connectivity index (χ4v) is 2.11. The molecule has 1 aliphatic rings. The molecule has 78 valence electrons. The van der Waals surface area contributed by atoms with Crippen LogP contribution in [0.3, 0.4) is 0 Å². The molecular weight excluding hydrogens is 174 g/mol. The number of aryl methyl sites for hydroxylation is 2. The monoisotopic (exact) mass is 193 g/mol. The summed E-state index contributed by atoms with van der Waals surface area (Å²) in [6, 6.07) is 0. The van der Waals surface area contributed by atoms with Gasteiger partial charge in [0.2, 0.25) is 0 Å². The highest BCUT2D eigenvalue weighted by molar-refractivity contribution is 4.93. The summed E-state index contributed by atoms with van der Waals surface area (Å²) >= 11 is 0. The van der Waals surface area contributed by atoms with Crippen molar-refractivity contribution in [1.82, 2.24) is 14.9 Å². The molecule has 0 spiro atoms. The predicted molar refractivity (Wildman–Crippen MR) is 57.2 cm³/mol. The van der Waals surface area contributed by atoms with Gasteiger partial charge in [-0.2, -0.15) is 0 Å². The summed E-state index contributed by atoms with van der Waals surface area (Å²) in [4.78, 5) is 4.14. The van der Waals surface area contributed by atoms with Crippen molar-refractivity contribution in [3.8, 4) is 0 Å². The lowest BCUT2D eigenvalue weighted by Gasteiger charge is -2.22. The van der Waals surface area contributed by atoms with Gasteiger partial charge in [0.05, 0.1) is 6.33 Å². The van der Waals surface area contributed by atoms with Crippen molar-refractivity contribution in [3.63, 3.8) is 0 Å². The van der Waals surface area contributed by atoms with Crippen LogP contribution >= 0.6 is 0 Å². The smallest absolute Gasteiger partial charge is 0.0948 e. The van der Waals surface area contributed by atoms with Crippen molar-refractivity contribution in [3.05, 3.63) is 18.2 Å². The van der Waals surface area contributed by atoms with Crippen LogP contribution in [0.4, 0.5) is 0 Å². The lowest BCUT2D eigenvalue weighted by molar-refractivity contribution is 0.337. The van der Waals surface area contributed by atoms with Gasteiger partial charge in [-0.25, -0.2) is 4.98 Å². The molecule has 1 aromatic heterocycles. The Balaban J connectivity index is 1.79. The van der Waals surface area contributed by atoms with Crippen molar-refractivity contribution in [2.24, 2.45) is 5.92 Å². The molecule has 0 amide bonds. The normalized spacial score (nSPS) is 18.6. The summed E-state index contributed by atoms with van der Waals surface area (Å²) in [6.45, 7) is 5.66. The summed E-state index contributed by atoms with van der Waals surface area (Å²) in [5.74, 6) is 0.915. The number of rotatable bonds is 3. The van der Waals surface area contributed by atoms with Crippen LogP contribution in [0.15, 0.2) is 12.5 Å². The highest BCUT2D eigenvalue weighted by Gasteiger charge is 2.12. The minimum atomic E-state index is 0.915. The minimum Gasteiger partial charge on any atom is -0.335 e. The molecule has 0 atom stereocenters. The number of piperidine rings is 1. The molecule has 0 saturated carbocycles. The summed E-state index contributed by atoms with van der Waals surface area (Å²) in [5.41, 5.74) is 1.28. The molecule has 0 bridgehead atoms. The Morgan fingerprint density at radius 2 is 2.29 bits per heavy atom. The Bertz CT molecular complexity index is 274. The Morgan fingerprint density at radius 3 is 2.93 bits per heavy atom. The topological polar surface area (TPSA) is 29.9 Å². The number of hydrogen-bond acceptors (Lipinski definition) is 2. The molecule has 2 heterocycles. The van der Waals surface area contributed by atoms with E-state index in [2.05, 4.69) is 21.8 Å². The van der Waals surface area contributed by atoms with Crippen LogP contribution in [0.5, 0.6) is 0 Å². The average molecular weight is 193 g/mol. The van der Waals surface area contributed by atoms with Gasteiger partial charge in [-0.05, 0) is 45.2 Å². The van der Waals surface area contributed by atoms with Gasteiger partial charge >= 0.3 is 0 Å². The van der Waals surface area contributed by atoms with E-state index in [1.807, 2.05) is 12.5 Å². The van der Waals surface area contributed by atoms with Crippen LogP contribution in [0.2, 0.25) is 0 Å². The van der Waals surface area contributed by atoms with Gasteiger partial charge in [-0.1, -0.05) is 0 Å². The quantitative estimate of drug-likeness (QED) is 0.790. The maximum absolute atomic E-state index is 4.14. The summed E-state index contributed by atoms with van der Waals surface area (Å²) in [6.07, 6.45) is 7.86. The number of hydrogen-bond donors (Lipinski definition) is 1. The number of nitrogens with zero attached hydrogens (tertiary/aromatic N) is 2. The Labute approximate surface area is 85.5 Å². The molecular formula is C11H19N3. The molecule has 3 nitrogen and oxygen atoms in total. The molecule has 1 N–H and O–H groups in total. The minimum absolute atomic E-state index is 0.915. The van der Waals surface area contributed by atoms with E-state index in [0.717, 1.165) is 12.5 Å². The maximum atomic E-state index is 4.14. The number of nitrogens with one attached hydrogen (secondary N) is 1. The zero-order chi connectivity index (χ0) is 9.80. The van der Waals surface area contributed by atoms with Crippen molar-refractivity contribution in [1.29, 1.82) is 0 Å². The van der Waals surface area contributed by atoms with E-state index in [1.165, 1.54) is 38.0 Å². The van der Waals surface area contributed by atoms with Crippen LogP contribution < -0.4 is 5.32 Å². The van der Waals surface area contributed by atoms with Crippen LogP contribution in [-0.4, -0.2) is 22.6 Å². The third-order valence-corrected chi connectivity index (χ3v) is 3.16. The first-order valence-electron chi connectivity index (χ1n) is 5.53. The highest BCUT2D eigenvalue weighted by Crippen LogP contribution is 2.16. The van der Waals surface area contributed by atoms with E-state index in [0.29, 0.717) is 0 Å².